The Morgan fingerprint density at radius 3 is 2.62 bits per heavy atom. The number of nitrogens with one attached hydrogen (secondary N) is 2. The van der Waals surface area contributed by atoms with E-state index in [0.29, 0.717) is 11.3 Å². The molecule has 6 nitrogen and oxygen atoms in total. The van der Waals surface area contributed by atoms with Gasteiger partial charge in [-0.3, -0.25) is 5.84 Å². The van der Waals surface area contributed by atoms with Gasteiger partial charge in [0, 0.05) is 0 Å². The molecule has 0 amide bonds. The Hall–Kier alpha value is -1.63. The summed E-state index contributed by atoms with van der Waals surface area (Å²) in [6, 6.07) is 6.64. The van der Waals surface area contributed by atoms with Crippen LogP contribution in [0.25, 0.3) is 0 Å². The van der Waals surface area contributed by atoms with Gasteiger partial charge in [0.1, 0.15) is 0 Å². The quantitative estimate of drug-likeness (QED) is 0.371. The van der Waals surface area contributed by atoms with Crippen LogP contribution in [0.2, 0.25) is 0 Å². The van der Waals surface area contributed by atoms with Gasteiger partial charge in [-0.25, -0.2) is 10.6 Å². The van der Waals surface area contributed by atoms with E-state index in [4.69, 9.17) is 11.7 Å². The zero-order chi connectivity index (χ0) is 9.68. The van der Waals surface area contributed by atoms with Crippen molar-refractivity contribution in [3.05, 3.63) is 29.8 Å². The van der Waals surface area contributed by atoms with Crippen LogP contribution in [0.15, 0.2) is 24.3 Å². The van der Waals surface area contributed by atoms with Crippen LogP contribution in [0.1, 0.15) is 10.4 Å². The predicted octanol–water partition coefficient (Wildman–Crippen LogP) is -0.493. The lowest BCUT2D eigenvalue weighted by Crippen LogP contribution is -2.27. The summed E-state index contributed by atoms with van der Waals surface area (Å²) in [6.45, 7) is 0. The molecule has 0 spiro atoms. The van der Waals surface area contributed by atoms with Gasteiger partial charge < -0.3 is 10.3 Å². The van der Waals surface area contributed by atoms with Crippen molar-refractivity contribution in [2.24, 2.45) is 11.7 Å². The summed E-state index contributed by atoms with van der Waals surface area (Å²) in [4.78, 5) is 15.5. The van der Waals surface area contributed by atoms with Crippen LogP contribution < -0.4 is 22.7 Å². The van der Waals surface area contributed by atoms with Gasteiger partial charge in [0.05, 0.1) is 11.3 Å². The van der Waals surface area contributed by atoms with Crippen LogP contribution in [-0.2, 0) is 4.84 Å². The molecule has 0 aliphatic carbocycles. The predicted molar refractivity (Wildman–Crippen MR) is 47.0 cm³/mol. The van der Waals surface area contributed by atoms with Crippen LogP contribution in [0, 0.1) is 0 Å². The molecule has 0 saturated carbocycles. The molecule has 0 aliphatic heterocycles. The van der Waals surface area contributed by atoms with Gasteiger partial charge >= 0.3 is 5.97 Å². The first-order chi connectivity index (χ1) is 6.29. The van der Waals surface area contributed by atoms with Crippen molar-refractivity contribution in [3.8, 4) is 0 Å². The molecule has 0 radical (unpaired) electrons. The summed E-state index contributed by atoms with van der Waals surface area (Å²) in [6.07, 6.45) is 0. The van der Waals surface area contributed by atoms with E-state index in [2.05, 4.69) is 10.3 Å². The molecule has 0 aromatic heterocycles. The number of para-hydroxylation sites is 1. The van der Waals surface area contributed by atoms with E-state index in [0.717, 1.165) is 0 Å². The van der Waals surface area contributed by atoms with E-state index < -0.39 is 5.97 Å². The molecule has 6 N–H and O–H groups in total. The second kappa shape index (κ2) is 4.41. The Bertz CT molecular complexity index is 302. The zero-order valence-electron chi connectivity index (χ0n) is 6.78. The maximum atomic E-state index is 11.2. The topological polar surface area (TPSA) is 102 Å². The first-order valence-electron chi connectivity index (χ1n) is 3.52. The monoisotopic (exact) mass is 182 g/mol. The minimum Gasteiger partial charge on any atom is -0.351 e. The van der Waals surface area contributed by atoms with Gasteiger partial charge in [-0.1, -0.05) is 17.7 Å². The van der Waals surface area contributed by atoms with Crippen LogP contribution in [0.4, 0.5) is 5.69 Å². The minimum atomic E-state index is -0.601. The van der Waals surface area contributed by atoms with E-state index >= 15 is 0 Å². The fraction of sp³-hybridized carbons (Fsp3) is 0. The maximum absolute atomic E-state index is 11.2. The largest absolute Gasteiger partial charge is 0.360 e. The molecule has 0 unspecified atom stereocenters. The number of hydrogen-bond donors (Lipinski definition) is 4. The second-order valence-electron chi connectivity index (χ2n) is 2.20. The van der Waals surface area contributed by atoms with Crippen molar-refractivity contribution in [3.63, 3.8) is 0 Å². The third-order valence-corrected chi connectivity index (χ3v) is 1.45. The minimum absolute atomic E-state index is 0.308. The Morgan fingerprint density at radius 1 is 1.31 bits per heavy atom. The second-order valence-corrected chi connectivity index (χ2v) is 2.20. The molecular formula is C7H10N4O2. The molecule has 0 aliphatic rings. The summed E-state index contributed by atoms with van der Waals surface area (Å²) in [5.41, 5.74) is 4.95. The lowest BCUT2D eigenvalue weighted by molar-refractivity contribution is 0.0255. The summed E-state index contributed by atoms with van der Waals surface area (Å²) in [7, 11) is 0. The van der Waals surface area contributed by atoms with Crippen molar-refractivity contribution < 1.29 is 9.63 Å². The molecule has 0 bridgehead atoms. The normalized spacial score (nSPS) is 9.38. The summed E-state index contributed by atoms with van der Waals surface area (Å²) < 4.78 is 0. The number of carbonyl (C=O) groups excluding carboxylic acids is 1. The van der Waals surface area contributed by atoms with E-state index in [1.165, 1.54) is 0 Å². The van der Waals surface area contributed by atoms with Crippen LogP contribution in [0.5, 0.6) is 0 Å². The number of hydrazine groups is 2. The molecule has 70 valence electrons. The highest BCUT2D eigenvalue weighted by molar-refractivity contribution is 5.95. The number of hydrogen-bond acceptors (Lipinski definition) is 6. The van der Waals surface area contributed by atoms with E-state index in [9.17, 15) is 4.79 Å². The van der Waals surface area contributed by atoms with Crippen molar-refractivity contribution in [1.29, 1.82) is 0 Å². The first kappa shape index (κ1) is 9.46. The molecule has 0 fully saturated rings. The van der Waals surface area contributed by atoms with Gasteiger partial charge in [-0.15, -0.1) is 0 Å². The number of anilines is 1. The average Bonchev–Trinajstić information content (AvgIpc) is 2.18. The van der Waals surface area contributed by atoms with Crippen molar-refractivity contribution in [2.75, 3.05) is 5.43 Å². The Kier molecular flexibility index (Phi) is 3.21. The maximum Gasteiger partial charge on any atom is 0.360 e. The highest BCUT2D eigenvalue weighted by Gasteiger charge is 2.10. The number of benzene rings is 1. The third-order valence-electron chi connectivity index (χ3n) is 1.45. The highest BCUT2D eigenvalue weighted by atomic mass is 16.7. The van der Waals surface area contributed by atoms with Gasteiger partial charge in [-0.05, 0) is 12.1 Å². The van der Waals surface area contributed by atoms with Gasteiger partial charge in [0.2, 0.25) is 0 Å². The summed E-state index contributed by atoms with van der Waals surface area (Å²) in [5.74, 6) is 9.39. The van der Waals surface area contributed by atoms with Crippen molar-refractivity contribution in [2.45, 2.75) is 0 Å². The number of rotatable bonds is 3. The number of carbonyl (C=O) groups is 1. The molecule has 1 aromatic carbocycles. The van der Waals surface area contributed by atoms with Crippen molar-refractivity contribution in [1.82, 2.24) is 5.59 Å². The smallest absolute Gasteiger partial charge is 0.351 e. The fourth-order valence-corrected chi connectivity index (χ4v) is 0.895. The highest BCUT2D eigenvalue weighted by Crippen LogP contribution is 2.13. The third kappa shape index (κ3) is 2.15. The van der Waals surface area contributed by atoms with Gasteiger partial charge in [0.15, 0.2) is 0 Å². The van der Waals surface area contributed by atoms with Crippen LogP contribution >= 0.6 is 0 Å². The SMILES string of the molecule is NNOC(=O)c1ccccc1NN. The lowest BCUT2D eigenvalue weighted by atomic mass is 10.2. The Balaban J connectivity index is 2.92. The number of nitrogens with two attached hydrogens (primary N) is 2. The molecule has 1 aromatic rings. The fourth-order valence-electron chi connectivity index (χ4n) is 0.895. The molecule has 1 rings (SSSR count). The Morgan fingerprint density at radius 2 is 2.00 bits per heavy atom. The van der Waals surface area contributed by atoms with E-state index in [-0.39, 0.29) is 0 Å². The lowest BCUT2D eigenvalue weighted by Gasteiger charge is -2.06. The first-order valence-corrected chi connectivity index (χ1v) is 3.52. The van der Waals surface area contributed by atoms with Gasteiger partial charge in [-0.2, -0.15) is 0 Å². The average molecular weight is 182 g/mol. The zero-order valence-corrected chi connectivity index (χ0v) is 6.78. The standard InChI is InChI=1S/C7H10N4O2/c8-10-6-4-2-1-3-5(6)7(12)13-11-9/h1-4,10-11H,8-9H2. The summed E-state index contributed by atoms with van der Waals surface area (Å²) >= 11 is 0. The number of nitrogen functional groups attached to an aromatic ring is 1. The van der Waals surface area contributed by atoms with E-state index in [1.54, 1.807) is 29.9 Å². The molecule has 13 heavy (non-hydrogen) atoms. The van der Waals surface area contributed by atoms with Crippen molar-refractivity contribution >= 4 is 11.7 Å². The molecule has 0 saturated heterocycles. The van der Waals surface area contributed by atoms with E-state index in [1.807, 2.05) is 0 Å². The molecule has 6 heteroatoms. The van der Waals surface area contributed by atoms with Crippen LogP contribution in [0.3, 0.4) is 0 Å². The van der Waals surface area contributed by atoms with Crippen LogP contribution in [-0.4, -0.2) is 5.97 Å². The van der Waals surface area contributed by atoms with Gasteiger partial charge in [0.25, 0.3) is 0 Å². The summed E-state index contributed by atoms with van der Waals surface area (Å²) in [5, 5.41) is 0. The molecule has 0 atom stereocenters. The molecular weight excluding hydrogens is 172 g/mol. The Labute approximate surface area is 74.7 Å². The molecule has 0 heterocycles.